The minimum atomic E-state index is 0. The van der Waals surface area contributed by atoms with Crippen molar-refractivity contribution in [2.45, 2.75) is 13.8 Å². The zero-order valence-corrected chi connectivity index (χ0v) is 19.6. The van der Waals surface area contributed by atoms with Gasteiger partial charge in [-0.25, -0.2) is 4.98 Å². The SMILES string of the molecule is Cc1nc(N2N(c3ccccc3)NC(c3ccccc3)=[N+]2c2ccsn2)sc1C.[Br-]. The number of hydrazone groups is 1. The van der Waals surface area contributed by atoms with Crippen molar-refractivity contribution >= 4 is 45.3 Å². The van der Waals surface area contributed by atoms with Gasteiger partial charge in [-0.15, -0.1) is 5.12 Å². The second kappa shape index (κ2) is 8.55. The molecule has 0 aliphatic carbocycles. The standard InChI is InChI=1S/C21H18N6S2.BrH/c1-15-16(2)29-21(22-15)27-25(19-13-14-28-24-19)20(17-9-5-3-6-10-17)23-26(27)18-11-7-4-8-12-18;/h3-14H,1-2H3;1H. The Hall–Kier alpha value is -2.75. The number of nitrogens with one attached hydrogen (secondary N) is 1. The number of aromatic nitrogens is 2. The number of amidine groups is 1. The number of nitrogens with zero attached hydrogens (tertiary/aromatic N) is 5. The number of hydrogen-bond donors (Lipinski definition) is 1. The first-order chi connectivity index (χ1) is 14.2. The first-order valence-electron chi connectivity index (χ1n) is 9.21. The van der Waals surface area contributed by atoms with Crippen molar-refractivity contribution in [2.24, 2.45) is 0 Å². The van der Waals surface area contributed by atoms with E-state index in [-0.39, 0.29) is 17.0 Å². The molecule has 0 radical (unpaired) electrons. The predicted molar refractivity (Wildman–Crippen MR) is 119 cm³/mol. The maximum absolute atomic E-state index is 4.84. The Morgan fingerprint density at radius 2 is 1.63 bits per heavy atom. The number of aryl methyl sites for hydroxylation is 2. The van der Waals surface area contributed by atoms with Gasteiger partial charge >= 0.3 is 5.82 Å². The summed E-state index contributed by atoms with van der Waals surface area (Å²) in [6.45, 7) is 4.14. The summed E-state index contributed by atoms with van der Waals surface area (Å²) in [5, 5.41) is 6.92. The molecule has 0 spiro atoms. The normalized spacial score (nSPS) is 13.4. The van der Waals surface area contributed by atoms with E-state index in [4.69, 9.17) is 4.98 Å². The molecule has 0 fully saturated rings. The largest absolute Gasteiger partial charge is 1.00 e. The first kappa shape index (κ1) is 20.5. The lowest BCUT2D eigenvalue weighted by Gasteiger charge is -2.24. The summed E-state index contributed by atoms with van der Waals surface area (Å²) in [6, 6.07) is 22.5. The summed E-state index contributed by atoms with van der Waals surface area (Å²) in [6.07, 6.45) is 0. The van der Waals surface area contributed by atoms with Crippen LogP contribution in [-0.2, 0) is 0 Å². The fourth-order valence-corrected chi connectivity index (χ4v) is 4.53. The van der Waals surface area contributed by atoms with Crippen molar-refractivity contribution in [2.75, 3.05) is 10.2 Å². The Bertz CT molecular complexity index is 1140. The van der Waals surface area contributed by atoms with Crippen molar-refractivity contribution in [1.29, 1.82) is 0 Å². The van der Waals surface area contributed by atoms with E-state index in [1.807, 2.05) is 59.9 Å². The summed E-state index contributed by atoms with van der Waals surface area (Å²) in [5.74, 6) is 1.76. The van der Waals surface area contributed by atoms with Crippen LogP contribution in [0.4, 0.5) is 16.6 Å². The maximum atomic E-state index is 4.84. The quantitative estimate of drug-likeness (QED) is 0.433. The highest BCUT2D eigenvalue weighted by Crippen LogP contribution is 2.33. The van der Waals surface area contributed by atoms with Crippen molar-refractivity contribution in [3.63, 3.8) is 0 Å². The molecule has 2 aromatic carbocycles. The van der Waals surface area contributed by atoms with Gasteiger partial charge in [-0.3, -0.25) is 0 Å². The number of hydrazine groups is 3. The second-order valence-electron chi connectivity index (χ2n) is 6.57. The van der Waals surface area contributed by atoms with Gasteiger partial charge in [0.1, 0.15) is 0 Å². The highest BCUT2D eigenvalue weighted by Gasteiger charge is 2.41. The first-order valence-corrected chi connectivity index (χ1v) is 10.9. The number of thiazole rings is 1. The van der Waals surface area contributed by atoms with Gasteiger partial charge in [0.15, 0.2) is 0 Å². The molecular formula is C21H19BrN6S2. The Balaban J connectivity index is 0.00000218. The monoisotopic (exact) mass is 498 g/mol. The molecule has 4 aromatic rings. The molecular weight excluding hydrogens is 480 g/mol. The van der Waals surface area contributed by atoms with Crippen LogP contribution in [0.15, 0.2) is 72.1 Å². The molecule has 5 rings (SSSR count). The van der Waals surface area contributed by atoms with Gasteiger partial charge in [0.2, 0.25) is 5.13 Å². The van der Waals surface area contributed by atoms with Crippen LogP contribution < -0.4 is 32.6 Å². The molecule has 0 unspecified atom stereocenters. The predicted octanol–water partition coefficient (Wildman–Crippen LogP) is 1.67. The zero-order valence-electron chi connectivity index (χ0n) is 16.4. The van der Waals surface area contributed by atoms with E-state index in [2.05, 4.69) is 50.8 Å². The molecule has 9 heteroatoms. The summed E-state index contributed by atoms with van der Waals surface area (Å²) in [5.41, 5.74) is 6.67. The Morgan fingerprint density at radius 1 is 0.933 bits per heavy atom. The average molecular weight is 499 g/mol. The molecule has 0 saturated carbocycles. The van der Waals surface area contributed by atoms with Gasteiger partial charge in [0.25, 0.3) is 5.84 Å². The summed E-state index contributed by atoms with van der Waals surface area (Å²) >= 11 is 3.09. The summed E-state index contributed by atoms with van der Waals surface area (Å²) in [7, 11) is 0. The zero-order chi connectivity index (χ0) is 19.8. The van der Waals surface area contributed by atoms with Crippen LogP contribution in [0.3, 0.4) is 0 Å². The van der Waals surface area contributed by atoms with E-state index in [9.17, 15) is 0 Å². The van der Waals surface area contributed by atoms with Gasteiger partial charge in [0.05, 0.1) is 16.9 Å². The van der Waals surface area contributed by atoms with E-state index >= 15 is 0 Å². The van der Waals surface area contributed by atoms with Crippen LogP contribution >= 0.6 is 22.9 Å². The molecule has 152 valence electrons. The van der Waals surface area contributed by atoms with Crippen LogP contribution in [0.1, 0.15) is 16.1 Å². The van der Waals surface area contributed by atoms with E-state index in [0.29, 0.717) is 0 Å². The maximum Gasteiger partial charge on any atom is 0.301 e. The average Bonchev–Trinajstić information content (AvgIpc) is 3.48. The lowest BCUT2D eigenvalue weighted by Crippen LogP contribution is -3.00. The second-order valence-corrected chi connectivity index (χ2v) is 8.42. The molecule has 2 aromatic heterocycles. The molecule has 0 amide bonds. The van der Waals surface area contributed by atoms with Gasteiger partial charge in [-0.1, -0.05) is 57.5 Å². The van der Waals surface area contributed by atoms with Crippen molar-refractivity contribution < 1.29 is 21.7 Å². The van der Waals surface area contributed by atoms with Crippen LogP contribution in [0, 0.1) is 13.8 Å². The summed E-state index contributed by atoms with van der Waals surface area (Å²) in [4.78, 5) is 6.03. The third-order valence-electron chi connectivity index (χ3n) is 4.68. The van der Waals surface area contributed by atoms with Crippen LogP contribution in [0.5, 0.6) is 0 Å². The Labute approximate surface area is 193 Å². The molecule has 1 aliphatic heterocycles. The number of para-hydroxylation sites is 1. The van der Waals surface area contributed by atoms with Crippen molar-refractivity contribution in [1.82, 2.24) is 14.8 Å². The molecule has 0 atom stereocenters. The molecule has 1 N–H and O–H groups in total. The minimum absolute atomic E-state index is 0. The number of hydrogen-bond acceptors (Lipinski definition) is 7. The highest BCUT2D eigenvalue weighted by molar-refractivity contribution is 7.15. The van der Waals surface area contributed by atoms with E-state index in [0.717, 1.165) is 33.7 Å². The number of anilines is 2. The van der Waals surface area contributed by atoms with Crippen LogP contribution in [-0.4, -0.2) is 19.9 Å². The summed E-state index contributed by atoms with van der Waals surface area (Å²) < 4.78 is 6.70. The fraction of sp³-hybridized carbons (Fsp3) is 0.0952. The van der Waals surface area contributed by atoms with Crippen molar-refractivity contribution in [3.8, 4) is 0 Å². The van der Waals surface area contributed by atoms with E-state index < -0.39 is 0 Å². The number of rotatable bonds is 4. The van der Waals surface area contributed by atoms with Crippen molar-refractivity contribution in [3.05, 3.63) is 88.2 Å². The number of halogens is 1. The van der Waals surface area contributed by atoms with Gasteiger partial charge in [-0.05, 0) is 42.5 Å². The highest BCUT2D eigenvalue weighted by atomic mass is 79.9. The smallest absolute Gasteiger partial charge is 0.301 e. The van der Waals surface area contributed by atoms with Gasteiger partial charge in [0, 0.05) is 27.9 Å². The third kappa shape index (κ3) is 3.60. The Morgan fingerprint density at radius 3 is 2.23 bits per heavy atom. The Kier molecular flexibility index (Phi) is 5.85. The molecule has 1 aliphatic rings. The van der Waals surface area contributed by atoms with Crippen LogP contribution in [0.2, 0.25) is 0 Å². The number of benzene rings is 2. The minimum Gasteiger partial charge on any atom is -1.00 e. The van der Waals surface area contributed by atoms with Gasteiger partial charge in [-0.2, -0.15) is 5.43 Å². The lowest BCUT2D eigenvalue weighted by atomic mass is 10.2. The molecule has 6 nitrogen and oxygen atoms in total. The molecule has 30 heavy (non-hydrogen) atoms. The molecule has 0 bridgehead atoms. The van der Waals surface area contributed by atoms with Gasteiger partial charge < -0.3 is 17.0 Å². The van der Waals surface area contributed by atoms with E-state index in [1.165, 1.54) is 16.4 Å². The van der Waals surface area contributed by atoms with E-state index in [1.54, 1.807) is 11.3 Å². The molecule has 0 saturated heterocycles. The molecule has 3 heterocycles. The van der Waals surface area contributed by atoms with Crippen LogP contribution in [0.25, 0.3) is 0 Å². The third-order valence-corrected chi connectivity index (χ3v) is 6.27. The fourth-order valence-electron chi connectivity index (χ4n) is 3.14. The lowest BCUT2D eigenvalue weighted by molar-refractivity contribution is -0.451. The topological polar surface area (TPSA) is 47.3 Å².